The lowest BCUT2D eigenvalue weighted by atomic mass is 10.1. The van der Waals surface area contributed by atoms with Gasteiger partial charge in [-0.3, -0.25) is 4.79 Å². The molecule has 0 aromatic heterocycles. The van der Waals surface area contributed by atoms with Gasteiger partial charge in [-0.1, -0.05) is 29.8 Å². The minimum absolute atomic E-state index is 0.177. The van der Waals surface area contributed by atoms with Crippen LogP contribution in [0.5, 0.6) is 0 Å². The molecule has 1 aromatic carbocycles. The second-order valence-electron chi connectivity index (χ2n) is 3.98. The maximum atomic E-state index is 11.4. The van der Waals surface area contributed by atoms with Crippen LogP contribution in [-0.2, 0) is 14.3 Å². The number of hydrogen-bond acceptors (Lipinski definition) is 3. The van der Waals surface area contributed by atoms with Crippen molar-refractivity contribution in [3.63, 3.8) is 0 Å². The van der Waals surface area contributed by atoms with Crippen molar-refractivity contribution in [2.24, 2.45) is 0 Å². The Morgan fingerprint density at radius 2 is 2.21 bits per heavy atom. The van der Waals surface area contributed by atoms with Crippen molar-refractivity contribution in [1.29, 1.82) is 0 Å². The molecule has 2 N–H and O–H groups in total. The molecule has 0 fully saturated rings. The summed E-state index contributed by atoms with van der Waals surface area (Å²) in [6, 6.07) is 7.79. The molecule has 0 saturated carbocycles. The Morgan fingerprint density at radius 3 is 2.89 bits per heavy atom. The van der Waals surface area contributed by atoms with Gasteiger partial charge in [-0.25, -0.2) is 4.79 Å². The number of rotatable bonds is 7. The summed E-state index contributed by atoms with van der Waals surface area (Å²) in [6.45, 7) is 2.09. The first-order valence-corrected chi connectivity index (χ1v) is 5.90. The summed E-state index contributed by atoms with van der Waals surface area (Å²) < 4.78 is 4.79. The van der Waals surface area contributed by atoms with Gasteiger partial charge in [-0.15, -0.1) is 0 Å². The fraction of sp³-hybridized carbons (Fsp3) is 0.286. The van der Waals surface area contributed by atoms with E-state index in [1.165, 1.54) is 6.08 Å². The molecule has 5 heteroatoms. The Balaban J connectivity index is 2.25. The van der Waals surface area contributed by atoms with E-state index in [9.17, 15) is 9.59 Å². The highest BCUT2D eigenvalue weighted by Gasteiger charge is 1.97. The zero-order valence-electron chi connectivity index (χ0n) is 10.8. The summed E-state index contributed by atoms with van der Waals surface area (Å²) in [7, 11) is 0. The van der Waals surface area contributed by atoms with Gasteiger partial charge in [-0.2, -0.15) is 0 Å². The molecule has 1 rings (SSSR count). The summed E-state index contributed by atoms with van der Waals surface area (Å²) in [5, 5.41) is 10.9. The molecule has 0 unspecified atom stereocenters. The Bertz CT molecular complexity index is 468. The second kappa shape index (κ2) is 8.05. The van der Waals surface area contributed by atoms with Crippen LogP contribution >= 0.6 is 0 Å². The highest BCUT2D eigenvalue weighted by atomic mass is 16.5. The van der Waals surface area contributed by atoms with E-state index in [-0.39, 0.29) is 25.7 Å². The van der Waals surface area contributed by atoms with Gasteiger partial charge in [0.2, 0.25) is 5.91 Å². The van der Waals surface area contributed by atoms with Crippen molar-refractivity contribution < 1.29 is 19.4 Å². The SMILES string of the molecule is Cc1cccc(C=CC(=O)NCCOCC(=O)O)c1. The number of hydrogen-bond donors (Lipinski definition) is 2. The molecule has 1 aromatic rings. The predicted octanol–water partition coefficient (Wildman–Crippen LogP) is 1.23. The topological polar surface area (TPSA) is 75.6 Å². The van der Waals surface area contributed by atoms with Crippen LogP contribution in [-0.4, -0.2) is 36.7 Å². The average Bonchev–Trinajstić information content (AvgIpc) is 2.35. The summed E-state index contributed by atoms with van der Waals surface area (Å²) in [4.78, 5) is 21.6. The van der Waals surface area contributed by atoms with Crippen molar-refractivity contribution in [3.8, 4) is 0 Å². The summed E-state index contributed by atoms with van der Waals surface area (Å²) in [6.07, 6.45) is 3.16. The van der Waals surface area contributed by atoms with E-state index in [0.717, 1.165) is 11.1 Å². The van der Waals surface area contributed by atoms with Gasteiger partial charge in [0, 0.05) is 12.6 Å². The van der Waals surface area contributed by atoms with Gasteiger partial charge in [0.05, 0.1) is 6.61 Å². The molecule has 0 heterocycles. The van der Waals surface area contributed by atoms with Crippen molar-refractivity contribution in [2.75, 3.05) is 19.8 Å². The zero-order chi connectivity index (χ0) is 14.1. The Labute approximate surface area is 111 Å². The smallest absolute Gasteiger partial charge is 0.329 e. The van der Waals surface area contributed by atoms with Gasteiger partial charge in [0.15, 0.2) is 0 Å². The lowest BCUT2D eigenvalue weighted by Crippen LogP contribution is -2.26. The van der Waals surface area contributed by atoms with E-state index in [1.807, 2.05) is 31.2 Å². The first-order chi connectivity index (χ1) is 9.08. The van der Waals surface area contributed by atoms with Crippen LogP contribution in [0.15, 0.2) is 30.3 Å². The third kappa shape index (κ3) is 7.00. The molecule has 0 aliphatic carbocycles. The van der Waals surface area contributed by atoms with E-state index in [0.29, 0.717) is 0 Å². The van der Waals surface area contributed by atoms with Crippen LogP contribution in [0.25, 0.3) is 6.08 Å². The number of carbonyl (C=O) groups excluding carboxylic acids is 1. The fourth-order valence-electron chi connectivity index (χ4n) is 1.41. The maximum absolute atomic E-state index is 11.4. The van der Waals surface area contributed by atoms with Gasteiger partial charge < -0.3 is 15.2 Å². The molecular formula is C14H17NO4. The second-order valence-corrected chi connectivity index (χ2v) is 3.98. The zero-order valence-corrected chi connectivity index (χ0v) is 10.8. The van der Waals surface area contributed by atoms with E-state index >= 15 is 0 Å². The van der Waals surface area contributed by atoms with Crippen LogP contribution in [0.4, 0.5) is 0 Å². The lowest BCUT2D eigenvalue weighted by Gasteiger charge is -2.02. The summed E-state index contributed by atoms with van der Waals surface area (Å²) in [5.74, 6) is -1.26. The average molecular weight is 263 g/mol. The van der Waals surface area contributed by atoms with Crippen LogP contribution in [0.3, 0.4) is 0 Å². The Kier molecular flexibility index (Phi) is 6.32. The normalized spacial score (nSPS) is 10.6. The summed E-state index contributed by atoms with van der Waals surface area (Å²) in [5.41, 5.74) is 2.09. The molecule has 0 bridgehead atoms. The predicted molar refractivity (Wildman–Crippen MR) is 71.7 cm³/mol. The van der Waals surface area contributed by atoms with E-state index in [4.69, 9.17) is 9.84 Å². The molecule has 0 atom stereocenters. The van der Waals surface area contributed by atoms with E-state index in [1.54, 1.807) is 6.08 Å². The Morgan fingerprint density at radius 1 is 1.42 bits per heavy atom. The quantitative estimate of drug-likeness (QED) is 0.573. The summed E-state index contributed by atoms with van der Waals surface area (Å²) >= 11 is 0. The van der Waals surface area contributed by atoms with Crippen LogP contribution in [0.2, 0.25) is 0 Å². The third-order valence-corrected chi connectivity index (χ3v) is 2.24. The molecular weight excluding hydrogens is 246 g/mol. The van der Waals surface area contributed by atoms with Crippen molar-refractivity contribution in [1.82, 2.24) is 5.32 Å². The number of aryl methyl sites for hydroxylation is 1. The van der Waals surface area contributed by atoms with E-state index in [2.05, 4.69) is 5.32 Å². The fourth-order valence-corrected chi connectivity index (χ4v) is 1.41. The number of carboxylic acids is 1. The first kappa shape index (κ1) is 14.9. The van der Waals surface area contributed by atoms with Crippen LogP contribution < -0.4 is 5.32 Å². The number of ether oxygens (including phenoxy) is 1. The highest BCUT2D eigenvalue weighted by molar-refractivity contribution is 5.91. The molecule has 0 saturated heterocycles. The minimum atomic E-state index is -1.02. The molecule has 19 heavy (non-hydrogen) atoms. The molecule has 0 spiro atoms. The number of amides is 1. The van der Waals surface area contributed by atoms with Crippen molar-refractivity contribution >= 4 is 18.0 Å². The molecule has 0 aliphatic heterocycles. The van der Waals surface area contributed by atoms with E-state index < -0.39 is 5.97 Å². The van der Waals surface area contributed by atoms with Gasteiger partial charge in [0.1, 0.15) is 6.61 Å². The number of nitrogens with one attached hydrogen (secondary N) is 1. The number of carboxylic acid groups (broad SMARTS) is 1. The maximum Gasteiger partial charge on any atom is 0.329 e. The standard InChI is InChI=1S/C14H17NO4/c1-11-3-2-4-12(9-11)5-6-13(16)15-7-8-19-10-14(17)18/h2-6,9H,7-8,10H2,1H3,(H,15,16)(H,17,18). The highest BCUT2D eigenvalue weighted by Crippen LogP contribution is 2.05. The number of aliphatic carboxylic acids is 1. The monoisotopic (exact) mass is 263 g/mol. The third-order valence-electron chi connectivity index (χ3n) is 2.24. The minimum Gasteiger partial charge on any atom is -0.480 e. The van der Waals surface area contributed by atoms with Crippen molar-refractivity contribution in [2.45, 2.75) is 6.92 Å². The molecule has 102 valence electrons. The lowest BCUT2D eigenvalue weighted by molar-refractivity contribution is -0.142. The van der Waals surface area contributed by atoms with Gasteiger partial charge >= 0.3 is 5.97 Å². The largest absolute Gasteiger partial charge is 0.480 e. The van der Waals surface area contributed by atoms with Crippen molar-refractivity contribution in [3.05, 3.63) is 41.5 Å². The van der Waals surface area contributed by atoms with Gasteiger partial charge in [-0.05, 0) is 18.6 Å². The molecule has 0 radical (unpaired) electrons. The number of benzene rings is 1. The molecule has 1 amide bonds. The molecule has 0 aliphatic rings. The number of carbonyl (C=O) groups is 2. The van der Waals surface area contributed by atoms with Crippen LogP contribution in [0, 0.1) is 6.92 Å². The van der Waals surface area contributed by atoms with Crippen LogP contribution in [0.1, 0.15) is 11.1 Å². The molecule has 5 nitrogen and oxygen atoms in total. The Hall–Kier alpha value is -2.14. The van der Waals surface area contributed by atoms with Gasteiger partial charge in [0.25, 0.3) is 0 Å². The first-order valence-electron chi connectivity index (χ1n) is 5.90.